The number of carbonyl (C=O) groups is 2. The number of hydrogen-bond donors (Lipinski definition) is 2. The van der Waals surface area contributed by atoms with E-state index in [-0.39, 0.29) is 31.5 Å². The zero-order valence-corrected chi connectivity index (χ0v) is 47.8. The van der Waals surface area contributed by atoms with Gasteiger partial charge < -0.3 is 19.4 Å². The van der Waals surface area contributed by atoms with Crippen LogP contribution in [0.25, 0.3) is 0 Å². The molecule has 0 fully saturated rings. The van der Waals surface area contributed by atoms with E-state index in [0.29, 0.717) is 23.9 Å². The lowest BCUT2D eigenvalue weighted by Gasteiger charge is -2.27. The van der Waals surface area contributed by atoms with E-state index in [0.717, 1.165) is 89.9 Å². The van der Waals surface area contributed by atoms with Crippen molar-refractivity contribution < 1.29 is 37.3 Å². The molecule has 0 aromatic rings. The fourth-order valence-electron chi connectivity index (χ4n) is 8.14. The summed E-state index contributed by atoms with van der Waals surface area (Å²) in [7, 11) is 1.47. The third-order valence-corrected chi connectivity index (χ3v) is 13.6. The van der Waals surface area contributed by atoms with Gasteiger partial charge in [0.1, 0.15) is 19.3 Å². The monoisotopic (exact) mass is 1020 g/mol. The van der Waals surface area contributed by atoms with Crippen LogP contribution < -0.4 is 5.32 Å². The number of unbranched alkanes of at least 4 members (excludes halogenated alkanes) is 26. The second-order valence-corrected chi connectivity index (χ2v) is 22.2. The van der Waals surface area contributed by atoms with Gasteiger partial charge >= 0.3 is 13.8 Å². The Labute approximate surface area is 438 Å². The van der Waals surface area contributed by atoms with E-state index in [9.17, 15) is 19.0 Å². The average Bonchev–Trinajstić information content (AvgIpc) is 3.33. The van der Waals surface area contributed by atoms with E-state index in [1.807, 2.05) is 33.3 Å². The Morgan fingerprint density at radius 1 is 0.507 bits per heavy atom. The fraction of sp³-hybridized carbons (Fsp3) is 0.770. The number of quaternary nitrogens is 1. The fourth-order valence-corrected chi connectivity index (χ4v) is 8.88. The number of rotatable bonds is 52. The van der Waals surface area contributed by atoms with Crippen LogP contribution in [0.2, 0.25) is 0 Å². The number of carbonyl (C=O) groups excluding carboxylic acids is 2. The van der Waals surface area contributed by atoms with Crippen LogP contribution in [0.4, 0.5) is 0 Å². The number of phosphoric ester groups is 1. The van der Waals surface area contributed by atoms with Gasteiger partial charge in [0, 0.05) is 12.8 Å². The van der Waals surface area contributed by atoms with E-state index in [4.69, 9.17) is 13.8 Å². The summed E-state index contributed by atoms with van der Waals surface area (Å²) in [6.45, 7) is 6.88. The predicted octanol–water partition coefficient (Wildman–Crippen LogP) is 17.7. The highest BCUT2D eigenvalue weighted by Gasteiger charge is 2.30. The first-order valence-corrected chi connectivity index (χ1v) is 30.8. The standard InChI is InChI=1S/C61H111N2O7P/c1-7-10-13-16-19-22-25-28-30-31-32-33-34-36-39-42-45-48-51-54-61(65)70-59(52-49-46-43-40-37-27-24-21-18-15-12-9-3)58(57-69-71(66,67)68-56-55-63(4,5)6)62-60(64)53-50-47-44-41-38-35-29-26-23-20-17-14-11-8-2/h10,13,19,22,28,30,32-33,36,39,49,52,58-59H,7-9,11-12,14-18,20-21,23-27,29,31,34-35,37-38,40-48,50-51,53-57H2,1-6H3,(H-,62,64,66,67)/p+1/b13-10-,22-19-,30-28-,33-32-,39-36-,52-49+. The number of phosphoric acid groups is 1. The number of amides is 1. The lowest BCUT2D eigenvalue weighted by atomic mass is 10.0. The van der Waals surface area contributed by atoms with Crippen molar-refractivity contribution in [2.24, 2.45) is 0 Å². The maximum atomic E-state index is 13.5. The molecule has 10 heteroatoms. The van der Waals surface area contributed by atoms with E-state index >= 15 is 0 Å². The van der Waals surface area contributed by atoms with Crippen LogP contribution in [-0.4, -0.2) is 74.3 Å². The third kappa shape index (κ3) is 52.1. The highest BCUT2D eigenvalue weighted by Crippen LogP contribution is 2.43. The van der Waals surface area contributed by atoms with Gasteiger partial charge in [-0.25, -0.2) is 4.57 Å². The Balaban J connectivity index is 5.38. The molecule has 0 rings (SSSR count). The Morgan fingerprint density at radius 2 is 0.901 bits per heavy atom. The molecule has 1 amide bonds. The van der Waals surface area contributed by atoms with Gasteiger partial charge in [-0.2, -0.15) is 0 Å². The van der Waals surface area contributed by atoms with E-state index in [1.54, 1.807) is 0 Å². The molecule has 0 aromatic heterocycles. The molecule has 71 heavy (non-hydrogen) atoms. The van der Waals surface area contributed by atoms with Crippen LogP contribution in [0.3, 0.4) is 0 Å². The molecule has 9 nitrogen and oxygen atoms in total. The summed E-state index contributed by atoms with van der Waals surface area (Å²) in [6, 6.07) is -0.861. The minimum absolute atomic E-state index is 0.0334. The average molecular weight is 1020 g/mol. The molecule has 0 radical (unpaired) electrons. The van der Waals surface area contributed by atoms with Gasteiger partial charge in [0.15, 0.2) is 0 Å². The second-order valence-electron chi connectivity index (χ2n) is 20.8. The molecule has 2 N–H and O–H groups in total. The summed E-state index contributed by atoms with van der Waals surface area (Å²) in [4.78, 5) is 37.6. The number of esters is 1. The molecule has 0 saturated carbocycles. The quantitative estimate of drug-likeness (QED) is 0.0205. The summed E-state index contributed by atoms with van der Waals surface area (Å²) in [5.41, 5.74) is 0. The number of likely N-dealkylation sites (N-methyl/N-ethyl adjacent to an activating group) is 1. The second kappa shape index (κ2) is 51.0. The maximum absolute atomic E-state index is 13.5. The van der Waals surface area contributed by atoms with Crippen molar-refractivity contribution in [1.82, 2.24) is 5.32 Å². The highest BCUT2D eigenvalue weighted by atomic mass is 31.2. The molecular weight excluding hydrogens is 904 g/mol. The van der Waals surface area contributed by atoms with Crippen LogP contribution in [0.1, 0.15) is 252 Å². The summed E-state index contributed by atoms with van der Waals surface area (Å²) in [6.07, 6.45) is 64.6. The number of allylic oxidation sites excluding steroid dienone is 11. The predicted molar refractivity (Wildman–Crippen MR) is 305 cm³/mol. The Hall–Kier alpha value is -2.55. The van der Waals surface area contributed by atoms with Crippen LogP contribution in [0.15, 0.2) is 72.9 Å². The van der Waals surface area contributed by atoms with Crippen molar-refractivity contribution >= 4 is 19.7 Å². The molecule has 3 unspecified atom stereocenters. The van der Waals surface area contributed by atoms with E-state index in [1.165, 1.54) is 122 Å². The van der Waals surface area contributed by atoms with Crippen molar-refractivity contribution in [3.8, 4) is 0 Å². The Kier molecular flexibility index (Phi) is 49.1. The topological polar surface area (TPSA) is 111 Å². The molecule has 0 spiro atoms. The van der Waals surface area contributed by atoms with Crippen LogP contribution in [0.5, 0.6) is 0 Å². The van der Waals surface area contributed by atoms with Crippen LogP contribution >= 0.6 is 7.82 Å². The van der Waals surface area contributed by atoms with Crippen LogP contribution in [-0.2, 0) is 27.9 Å². The lowest BCUT2D eigenvalue weighted by Crippen LogP contribution is -2.47. The van der Waals surface area contributed by atoms with Gasteiger partial charge in [-0.05, 0) is 76.7 Å². The van der Waals surface area contributed by atoms with E-state index < -0.39 is 20.0 Å². The Bertz CT molecular complexity index is 1450. The summed E-state index contributed by atoms with van der Waals surface area (Å²) in [5.74, 6) is -0.540. The molecule has 3 atom stereocenters. The number of nitrogens with one attached hydrogen (secondary N) is 1. The highest BCUT2D eigenvalue weighted by molar-refractivity contribution is 7.47. The SMILES string of the molecule is CC/C=C\C/C=C\C/C=C\C/C=C\C/C=C\CCCCCC(=O)OC(/C=C/CCCCCCCCCCCC)C(COP(=O)(O)OCC[N+](C)(C)C)NC(=O)CCCCCCCCCCCCCCCC. The minimum Gasteiger partial charge on any atom is -0.456 e. The molecule has 0 aromatic carbocycles. The van der Waals surface area contributed by atoms with Crippen molar-refractivity contribution in [2.45, 2.75) is 264 Å². The van der Waals surface area contributed by atoms with Gasteiger partial charge in [0.05, 0.1) is 33.8 Å². The largest absolute Gasteiger partial charge is 0.472 e. The van der Waals surface area contributed by atoms with Gasteiger partial charge in [-0.3, -0.25) is 18.6 Å². The molecule has 0 aliphatic rings. The van der Waals surface area contributed by atoms with Crippen molar-refractivity contribution in [3.63, 3.8) is 0 Å². The molecule has 0 aliphatic heterocycles. The maximum Gasteiger partial charge on any atom is 0.472 e. The number of nitrogens with zero attached hydrogens (tertiary/aromatic N) is 1. The lowest BCUT2D eigenvalue weighted by molar-refractivity contribution is -0.870. The first-order valence-electron chi connectivity index (χ1n) is 29.3. The minimum atomic E-state index is -4.45. The molecule has 0 saturated heterocycles. The molecule has 0 aliphatic carbocycles. The molecule has 412 valence electrons. The summed E-state index contributed by atoms with van der Waals surface area (Å²) >= 11 is 0. The first-order chi connectivity index (χ1) is 34.4. The number of hydrogen-bond acceptors (Lipinski definition) is 6. The van der Waals surface area contributed by atoms with Crippen molar-refractivity contribution in [2.75, 3.05) is 40.9 Å². The molecule has 0 heterocycles. The normalized spacial score (nSPS) is 14.3. The van der Waals surface area contributed by atoms with Crippen molar-refractivity contribution in [3.05, 3.63) is 72.9 Å². The molecule has 0 bridgehead atoms. The molecular formula is C61H112N2O7P+. The number of ether oxygens (including phenoxy) is 1. The van der Waals surface area contributed by atoms with Gasteiger partial charge in [0.25, 0.3) is 0 Å². The van der Waals surface area contributed by atoms with Gasteiger partial charge in [-0.15, -0.1) is 0 Å². The summed E-state index contributed by atoms with van der Waals surface area (Å²) < 4.78 is 30.6. The van der Waals surface area contributed by atoms with E-state index in [2.05, 4.69) is 86.8 Å². The zero-order valence-electron chi connectivity index (χ0n) is 47.0. The van der Waals surface area contributed by atoms with Crippen molar-refractivity contribution in [1.29, 1.82) is 0 Å². The smallest absolute Gasteiger partial charge is 0.456 e. The third-order valence-electron chi connectivity index (χ3n) is 12.7. The first kappa shape index (κ1) is 68.5. The van der Waals surface area contributed by atoms with Crippen LogP contribution in [0, 0.1) is 0 Å². The van der Waals surface area contributed by atoms with Gasteiger partial charge in [-0.1, -0.05) is 235 Å². The summed E-state index contributed by atoms with van der Waals surface area (Å²) in [5, 5.41) is 3.04. The Morgan fingerprint density at radius 3 is 1.37 bits per heavy atom. The zero-order chi connectivity index (χ0) is 52.2. The van der Waals surface area contributed by atoms with Gasteiger partial charge in [0.2, 0.25) is 5.91 Å².